The van der Waals surface area contributed by atoms with Crippen LogP contribution in [0.2, 0.25) is 0 Å². The van der Waals surface area contributed by atoms with E-state index in [9.17, 15) is 9.50 Å². The summed E-state index contributed by atoms with van der Waals surface area (Å²) >= 11 is 0. The van der Waals surface area contributed by atoms with Crippen LogP contribution < -0.4 is 10.1 Å². The Labute approximate surface area is 172 Å². The average molecular weight is 394 g/mol. The molecule has 2 atom stereocenters. The van der Waals surface area contributed by atoms with Gasteiger partial charge in [0.2, 0.25) is 0 Å². The molecule has 0 bridgehead atoms. The smallest absolute Gasteiger partial charge is 0.123 e. The maximum Gasteiger partial charge on any atom is 0.123 e. The standard InChI is InChI=1S/C25H28FNO2/c1-19(27-17-5-8-20-9-13-23(26)14-10-20)25(28)22-11-15-24(16-12-22)29-18-21-6-3-2-4-7-21/h2-4,6-7,9-16,19,25,27-28H,5,8,17-18H2,1H3. The van der Waals surface area contributed by atoms with E-state index in [2.05, 4.69) is 5.32 Å². The minimum Gasteiger partial charge on any atom is -0.489 e. The quantitative estimate of drug-likeness (QED) is 0.474. The fourth-order valence-corrected chi connectivity index (χ4v) is 3.18. The largest absolute Gasteiger partial charge is 0.489 e. The molecule has 4 heteroatoms. The molecule has 0 aliphatic rings. The van der Waals surface area contributed by atoms with Crippen molar-refractivity contribution in [2.24, 2.45) is 0 Å². The van der Waals surface area contributed by atoms with Gasteiger partial charge in [-0.15, -0.1) is 0 Å². The highest BCUT2D eigenvalue weighted by Crippen LogP contribution is 2.21. The SMILES string of the molecule is CC(NCCCc1ccc(F)cc1)C(O)c1ccc(OCc2ccccc2)cc1. The summed E-state index contributed by atoms with van der Waals surface area (Å²) in [6, 6.07) is 24.2. The first-order valence-corrected chi connectivity index (χ1v) is 10.0. The molecular weight excluding hydrogens is 365 g/mol. The zero-order chi connectivity index (χ0) is 20.5. The Hall–Kier alpha value is -2.69. The Bertz CT molecular complexity index is 850. The number of halogens is 1. The van der Waals surface area contributed by atoms with E-state index in [4.69, 9.17) is 4.74 Å². The van der Waals surface area contributed by atoms with Crippen LogP contribution in [-0.4, -0.2) is 17.7 Å². The number of aliphatic hydroxyl groups is 1. The third-order valence-corrected chi connectivity index (χ3v) is 4.97. The predicted octanol–water partition coefficient (Wildman–Crippen LogP) is 5.05. The van der Waals surface area contributed by atoms with Crippen molar-refractivity contribution in [2.45, 2.75) is 38.5 Å². The third kappa shape index (κ3) is 6.70. The summed E-state index contributed by atoms with van der Waals surface area (Å²) in [6.45, 7) is 3.28. The van der Waals surface area contributed by atoms with Crippen molar-refractivity contribution in [3.63, 3.8) is 0 Å². The maximum atomic E-state index is 12.9. The number of ether oxygens (including phenoxy) is 1. The van der Waals surface area contributed by atoms with Crippen molar-refractivity contribution in [2.75, 3.05) is 6.54 Å². The highest BCUT2D eigenvalue weighted by atomic mass is 19.1. The zero-order valence-electron chi connectivity index (χ0n) is 16.7. The number of aryl methyl sites for hydroxylation is 1. The fourth-order valence-electron chi connectivity index (χ4n) is 3.18. The molecule has 0 aliphatic carbocycles. The van der Waals surface area contributed by atoms with Crippen molar-refractivity contribution in [1.29, 1.82) is 0 Å². The third-order valence-electron chi connectivity index (χ3n) is 4.97. The summed E-state index contributed by atoms with van der Waals surface area (Å²) in [5.41, 5.74) is 3.10. The first-order valence-electron chi connectivity index (χ1n) is 10.0. The van der Waals surface area contributed by atoms with E-state index in [-0.39, 0.29) is 11.9 Å². The van der Waals surface area contributed by atoms with Crippen LogP contribution in [0.3, 0.4) is 0 Å². The number of aliphatic hydroxyl groups excluding tert-OH is 1. The number of hydrogen-bond donors (Lipinski definition) is 2. The zero-order valence-corrected chi connectivity index (χ0v) is 16.7. The van der Waals surface area contributed by atoms with Gasteiger partial charge < -0.3 is 15.2 Å². The number of benzene rings is 3. The lowest BCUT2D eigenvalue weighted by atomic mass is 10.0. The molecule has 3 rings (SSSR count). The van der Waals surface area contributed by atoms with Crippen molar-refractivity contribution >= 4 is 0 Å². The van der Waals surface area contributed by atoms with Gasteiger partial charge in [0, 0.05) is 6.04 Å². The fraction of sp³-hybridized carbons (Fsp3) is 0.280. The first-order chi connectivity index (χ1) is 14.1. The molecule has 0 heterocycles. The molecule has 0 aromatic heterocycles. The summed E-state index contributed by atoms with van der Waals surface area (Å²) in [6.07, 6.45) is 1.21. The van der Waals surface area contributed by atoms with E-state index in [1.54, 1.807) is 0 Å². The normalized spacial score (nSPS) is 13.1. The van der Waals surface area contributed by atoms with Crippen LogP contribution in [-0.2, 0) is 13.0 Å². The number of nitrogens with one attached hydrogen (secondary N) is 1. The van der Waals surface area contributed by atoms with E-state index in [0.717, 1.165) is 41.8 Å². The average Bonchev–Trinajstić information content (AvgIpc) is 2.77. The molecule has 2 N–H and O–H groups in total. The number of hydrogen-bond acceptors (Lipinski definition) is 3. The molecule has 152 valence electrons. The summed E-state index contributed by atoms with van der Waals surface area (Å²) in [5.74, 6) is 0.574. The van der Waals surface area contributed by atoms with Crippen LogP contribution >= 0.6 is 0 Å². The predicted molar refractivity (Wildman–Crippen MR) is 114 cm³/mol. The molecule has 0 amide bonds. The van der Waals surface area contributed by atoms with Gasteiger partial charge in [0.1, 0.15) is 18.2 Å². The topological polar surface area (TPSA) is 41.5 Å². The summed E-state index contributed by atoms with van der Waals surface area (Å²) < 4.78 is 18.7. The molecule has 3 aromatic carbocycles. The van der Waals surface area contributed by atoms with Crippen molar-refractivity contribution in [1.82, 2.24) is 5.32 Å². The van der Waals surface area contributed by atoms with Crippen LogP contribution in [0.4, 0.5) is 4.39 Å². The highest BCUT2D eigenvalue weighted by Gasteiger charge is 2.15. The monoisotopic (exact) mass is 393 g/mol. The minimum atomic E-state index is -0.594. The summed E-state index contributed by atoms with van der Waals surface area (Å²) in [5, 5.41) is 14.0. The summed E-state index contributed by atoms with van der Waals surface area (Å²) in [7, 11) is 0. The van der Waals surface area contributed by atoms with Crippen LogP contribution in [0.15, 0.2) is 78.9 Å². The lowest BCUT2D eigenvalue weighted by Crippen LogP contribution is -2.33. The van der Waals surface area contributed by atoms with Gasteiger partial charge in [-0.25, -0.2) is 4.39 Å². The van der Waals surface area contributed by atoms with Gasteiger partial charge in [-0.3, -0.25) is 0 Å². The Balaban J connectivity index is 1.41. The second kappa shape index (κ2) is 10.7. The maximum absolute atomic E-state index is 12.9. The lowest BCUT2D eigenvalue weighted by Gasteiger charge is -2.21. The van der Waals surface area contributed by atoms with Crippen molar-refractivity contribution in [3.05, 3.63) is 101 Å². The molecule has 0 fully saturated rings. The highest BCUT2D eigenvalue weighted by molar-refractivity contribution is 5.29. The lowest BCUT2D eigenvalue weighted by molar-refractivity contribution is 0.136. The van der Waals surface area contributed by atoms with E-state index in [1.165, 1.54) is 12.1 Å². The van der Waals surface area contributed by atoms with Crippen LogP contribution in [0, 0.1) is 5.82 Å². The molecule has 0 saturated heterocycles. The Kier molecular flexibility index (Phi) is 7.79. The Morgan fingerprint density at radius 3 is 2.28 bits per heavy atom. The van der Waals surface area contributed by atoms with Gasteiger partial charge in [-0.1, -0.05) is 54.6 Å². The molecule has 0 spiro atoms. The molecule has 29 heavy (non-hydrogen) atoms. The molecular formula is C25H28FNO2. The van der Waals surface area contributed by atoms with E-state index < -0.39 is 6.10 Å². The van der Waals surface area contributed by atoms with Crippen LogP contribution in [0.25, 0.3) is 0 Å². The van der Waals surface area contributed by atoms with Gasteiger partial charge in [0.05, 0.1) is 6.10 Å². The summed E-state index contributed by atoms with van der Waals surface area (Å²) in [4.78, 5) is 0. The van der Waals surface area contributed by atoms with Gasteiger partial charge in [-0.05, 0) is 67.3 Å². The number of rotatable bonds is 10. The molecule has 3 nitrogen and oxygen atoms in total. The first kappa shape index (κ1) is 21.0. The van der Waals surface area contributed by atoms with Crippen molar-refractivity contribution in [3.8, 4) is 5.75 Å². The molecule has 2 unspecified atom stereocenters. The van der Waals surface area contributed by atoms with Gasteiger partial charge >= 0.3 is 0 Å². The molecule has 0 radical (unpaired) electrons. The molecule has 0 aliphatic heterocycles. The van der Waals surface area contributed by atoms with Crippen molar-refractivity contribution < 1.29 is 14.2 Å². The van der Waals surface area contributed by atoms with E-state index in [0.29, 0.717) is 6.61 Å². The minimum absolute atomic E-state index is 0.0701. The second-order valence-corrected chi connectivity index (χ2v) is 7.26. The van der Waals surface area contributed by atoms with Gasteiger partial charge in [0.15, 0.2) is 0 Å². The van der Waals surface area contributed by atoms with Gasteiger partial charge in [0.25, 0.3) is 0 Å². The van der Waals surface area contributed by atoms with E-state index in [1.807, 2.05) is 73.7 Å². The molecule has 3 aromatic rings. The van der Waals surface area contributed by atoms with Crippen LogP contribution in [0.5, 0.6) is 5.75 Å². The van der Waals surface area contributed by atoms with Crippen LogP contribution in [0.1, 0.15) is 36.1 Å². The van der Waals surface area contributed by atoms with Gasteiger partial charge in [-0.2, -0.15) is 0 Å². The second-order valence-electron chi connectivity index (χ2n) is 7.26. The Morgan fingerprint density at radius 1 is 0.897 bits per heavy atom. The Morgan fingerprint density at radius 2 is 1.59 bits per heavy atom. The van der Waals surface area contributed by atoms with E-state index >= 15 is 0 Å². The molecule has 0 saturated carbocycles.